The Labute approximate surface area is 923 Å². The van der Waals surface area contributed by atoms with Gasteiger partial charge in [-0.1, -0.05) is 368 Å². The van der Waals surface area contributed by atoms with Crippen LogP contribution in [0, 0.1) is 5.92 Å². The molecule has 0 aromatic carbocycles. The second-order valence-electron chi connectivity index (χ2n) is 40.3. The van der Waals surface area contributed by atoms with Gasteiger partial charge in [0.2, 0.25) is 0 Å². The highest BCUT2D eigenvalue weighted by Crippen LogP contribution is 2.20. The molecular formula is C135H242O14. The molecule has 149 heavy (non-hydrogen) atoms. The maximum atomic E-state index is 11.7. The van der Waals surface area contributed by atoms with Crippen molar-refractivity contribution in [2.75, 3.05) is 46.2 Å². The molecule has 14 heteroatoms. The smallest absolute Gasteiger partial charge is 0.305 e. The summed E-state index contributed by atoms with van der Waals surface area (Å²) in [4.78, 5) is 80.4. The van der Waals surface area contributed by atoms with E-state index in [1.54, 1.807) is 0 Å². The van der Waals surface area contributed by atoms with E-state index in [2.05, 4.69) is 137 Å². The van der Waals surface area contributed by atoms with Crippen LogP contribution in [0.25, 0.3) is 0 Å². The van der Waals surface area contributed by atoms with Crippen molar-refractivity contribution in [1.29, 1.82) is 0 Å². The first-order valence-corrected chi connectivity index (χ1v) is 61.8. The molecule has 0 rings (SSSR count). The van der Waals surface area contributed by atoms with E-state index < -0.39 is 0 Å². The van der Waals surface area contributed by atoms with E-state index in [0.717, 1.165) is 244 Å². The number of unbranched alkanes of at least 4 members (excludes halogenated alkanes) is 64. The van der Waals surface area contributed by atoms with Crippen molar-refractivity contribution in [2.45, 2.75) is 593 Å². The number of carbonyl (C=O) groups excluding carboxylic acids is 7. The van der Waals surface area contributed by atoms with E-state index in [0.29, 0.717) is 97.1 Å². The molecular weight excluding hydrogens is 1850 g/mol. The maximum Gasteiger partial charge on any atom is 0.305 e. The molecule has 0 aliphatic heterocycles. The fraction of sp³-hybridized carbons (Fsp3) is 0.741. The molecule has 866 valence electrons. The molecule has 0 saturated carbocycles. The molecule has 0 radical (unpaired) electrons. The standard InChI is InChI=1S/C26H48O2.C20H36O2.C19H34O2.2C18H32O2.2C17H30O2/c1-3-5-7-9-11-12-13-14-15-16-17-18-19-20-22-24-26(27)28-25-23-21-10-8-6-4-2;1-3-5-7-9-11-12-13-14-16-18-20(21)22-19-17-15-10-8-6-4-2;1-3-5-7-9-11-12-13-15-17-19(20)21-18-16-14-10-8-6-4-2;1-3-5-7-9-10-11-13-15-17-20-18(19)16-14-12-8-6-4-2;1-3-5-7-9-11-12-14-16-18(19)20-17-15-13-10-8-6-4-2;1-4-6-7-8-9-10-11-13-17(18)19-15-14-16(3)12-5-2;1-3-5-7-8-9-10-11-12-13-15-17(18)19-16-14-6-4-2/h4,14-15H,2-3,5-13,16-25H2,1H3;4-5,7H,2-3,6,8-19H2,1H3;3-5H,2,6-18H2,1H3;2*3-4H,1-2,5-17H2;4-5,16H,1-2,6-15H2,3H3;3-4H,1-2,5-16H2/b15-14-;7-5+;5-3+;;;;. The Morgan fingerprint density at radius 3 is 0.544 bits per heavy atom. The molecule has 0 spiro atoms. The zero-order valence-electron chi connectivity index (χ0n) is 98.6. The number of ether oxygens (including phenoxy) is 7. The molecule has 0 amide bonds. The van der Waals surface area contributed by atoms with Crippen LogP contribution in [0.1, 0.15) is 593 Å². The van der Waals surface area contributed by atoms with Crippen LogP contribution in [-0.4, -0.2) is 88.0 Å². The quantitative estimate of drug-likeness (QED) is 0.0242. The monoisotopic (exact) mass is 2090 g/mol. The van der Waals surface area contributed by atoms with Gasteiger partial charge in [-0.15, -0.1) is 72.4 Å². The van der Waals surface area contributed by atoms with Gasteiger partial charge in [0, 0.05) is 44.9 Å². The Hall–Kier alpha value is -7.35. The highest BCUT2D eigenvalue weighted by atomic mass is 16.6. The minimum Gasteiger partial charge on any atom is -0.466 e. The SMILES string of the molecule is C=CCCCCCCCC(=O)OCCC(C)CC=C.C=CCCCCCCCC(=O)OCCCCCCC=C.C=CCCCCCCCCCC(=O)OCCCC=C.C=CCCCCCCCCOC(=O)CCCCCC=C.C=CCCCCCCOC(=O)CCCCCCC/C=C/C.C=CCCCCCCOC(=O)CCCCCCC/C=C/CC.C=CCCCCCCOC(=O)CCCCCCC/C=C\CCCCCCCC. The van der Waals surface area contributed by atoms with Crippen LogP contribution >= 0.6 is 0 Å². The van der Waals surface area contributed by atoms with Gasteiger partial charge >= 0.3 is 41.8 Å². The Bertz CT molecular complexity index is 2950. The van der Waals surface area contributed by atoms with Gasteiger partial charge in [0.15, 0.2) is 0 Å². The van der Waals surface area contributed by atoms with E-state index in [9.17, 15) is 33.6 Å². The second kappa shape index (κ2) is 149. The number of hydrogen-bond acceptors (Lipinski definition) is 14. The van der Waals surface area contributed by atoms with Gasteiger partial charge in [0.1, 0.15) is 0 Å². The van der Waals surface area contributed by atoms with Crippen LogP contribution in [0.15, 0.2) is 176 Å². The van der Waals surface area contributed by atoms with Gasteiger partial charge in [-0.3, -0.25) is 33.6 Å². The van der Waals surface area contributed by atoms with E-state index >= 15 is 0 Å². The van der Waals surface area contributed by atoms with Crippen LogP contribution in [0.3, 0.4) is 0 Å². The van der Waals surface area contributed by atoms with Gasteiger partial charge in [0.25, 0.3) is 0 Å². The summed E-state index contributed by atoms with van der Waals surface area (Å²) in [6.45, 7) is 53.4. The molecule has 0 bridgehead atoms. The predicted octanol–water partition coefficient (Wildman–Crippen LogP) is 42.4. The lowest BCUT2D eigenvalue weighted by Gasteiger charge is -2.09. The molecule has 0 aromatic heterocycles. The van der Waals surface area contributed by atoms with Crippen molar-refractivity contribution < 1.29 is 66.7 Å². The summed E-state index contributed by atoms with van der Waals surface area (Å²) in [5.74, 6) is 0.356. The highest BCUT2D eigenvalue weighted by molar-refractivity contribution is 5.71. The number of carbonyl (C=O) groups is 7. The number of esters is 7. The third kappa shape index (κ3) is 163. The van der Waals surface area contributed by atoms with E-state index in [1.165, 1.54) is 276 Å². The minimum atomic E-state index is -0.0463. The van der Waals surface area contributed by atoms with Crippen molar-refractivity contribution >= 4 is 41.8 Å². The summed E-state index contributed by atoms with van der Waals surface area (Å²) < 4.78 is 36.6. The fourth-order valence-corrected chi connectivity index (χ4v) is 16.0. The third-order valence-electron chi connectivity index (χ3n) is 25.5. The summed E-state index contributed by atoms with van der Waals surface area (Å²) >= 11 is 0. The Balaban J connectivity index is -0.000000317. The summed E-state index contributed by atoms with van der Waals surface area (Å²) in [6.07, 6.45) is 133. The Morgan fingerprint density at radius 1 is 0.181 bits per heavy atom. The fourth-order valence-electron chi connectivity index (χ4n) is 16.0. The normalized spacial score (nSPS) is 10.8. The molecule has 0 heterocycles. The Morgan fingerprint density at radius 2 is 0.342 bits per heavy atom. The molecule has 0 N–H and O–H groups in total. The summed E-state index contributed by atoms with van der Waals surface area (Å²) in [6, 6.07) is 0. The van der Waals surface area contributed by atoms with Gasteiger partial charge in [-0.2, -0.15) is 0 Å². The van der Waals surface area contributed by atoms with Gasteiger partial charge in [-0.05, 0) is 289 Å². The Kier molecular flexibility index (Phi) is 155. The maximum absolute atomic E-state index is 11.7. The van der Waals surface area contributed by atoms with E-state index in [1.807, 2.05) is 66.8 Å². The largest absolute Gasteiger partial charge is 0.466 e. The van der Waals surface area contributed by atoms with Crippen LogP contribution in [-0.2, 0) is 66.7 Å². The first-order chi connectivity index (χ1) is 73.1. The second-order valence-corrected chi connectivity index (χ2v) is 40.3. The third-order valence-corrected chi connectivity index (χ3v) is 25.5. The van der Waals surface area contributed by atoms with Crippen molar-refractivity contribution in [1.82, 2.24) is 0 Å². The average Bonchev–Trinajstić information content (AvgIpc) is 1.06. The lowest BCUT2D eigenvalue weighted by atomic mass is 10.1. The van der Waals surface area contributed by atoms with E-state index in [-0.39, 0.29) is 41.8 Å². The van der Waals surface area contributed by atoms with Crippen LogP contribution < -0.4 is 0 Å². The zero-order valence-corrected chi connectivity index (χ0v) is 98.6. The molecule has 1 atom stereocenters. The molecule has 0 fully saturated rings. The van der Waals surface area contributed by atoms with E-state index in [4.69, 9.17) is 33.2 Å². The molecule has 0 aliphatic rings. The first-order valence-electron chi connectivity index (χ1n) is 61.8. The lowest BCUT2D eigenvalue weighted by molar-refractivity contribution is -0.145. The molecule has 14 nitrogen and oxygen atoms in total. The average molecular weight is 2090 g/mol. The summed E-state index contributed by atoms with van der Waals surface area (Å²) in [7, 11) is 0. The number of hydrogen-bond donors (Lipinski definition) is 0. The van der Waals surface area contributed by atoms with Crippen LogP contribution in [0.5, 0.6) is 0 Å². The minimum absolute atomic E-state index is 0.0104. The topological polar surface area (TPSA) is 184 Å². The van der Waals surface area contributed by atoms with Crippen molar-refractivity contribution in [3.8, 4) is 0 Å². The van der Waals surface area contributed by atoms with Gasteiger partial charge < -0.3 is 33.2 Å². The van der Waals surface area contributed by atoms with Crippen molar-refractivity contribution in [3.63, 3.8) is 0 Å². The van der Waals surface area contributed by atoms with Crippen molar-refractivity contribution in [2.24, 2.45) is 5.92 Å². The lowest BCUT2D eigenvalue weighted by Crippen LogP contribution is -2.08. The van der Waals surface area contributed by atoms with Crippen molar-refractivity contribution in [3.05, 3.63) is 176 Å². The zero-order chi connectivity index (χ0) is 111. The molecule has 0 aliphatic carbocycles. The number of allylic oxidation sites excluding steroid dienone is 17. The molecule has 0 aromatic rings. The molecule has 1 unspecified atom stereocenters. The highest BCUT2D eigenvalue weighted by Gasteiger charge is 2.11. The summed E-state index contributed by atoms with van der Waals surface area (Å²) in [5, 5.41) is 0. The number of rotatable bonds is 110. The van der Waals surface area contributed by atoms with Crippen LogP contribution in [0.4, 0.5) is 0 Å². The first kappa shape index (κ1) is 155. The molecule has 0 saturated heterocycles. The van der Waals surface area contributed by atoms with Gasteiger partial charge in [0.05, 0.1) is 46.2 Å². The predicted molar refractivity (Wildman–Crippen MR) is 649 cm³/mol. The van der Waals surface area contributed by atoms with Crippen LogP contribution in [0.2, 0.25) is 0 Å². The van der Waals surface area contributed by atoms with Gasteiger partial charge in [-0.25, -0.2) is 0 Å². The summed E-state index contributed by atoms with van der Waals surface area (Å²) in [5.41, 5.74) is 0.